The van der Waals surface area contributed by atoms with Gasteiger partial charge < -0.3 is 0 Å². The zero-order valence-electron chi connectivity index (χ0n) is 5.71. The third-order valence-corrected chi connectivity index (χ3v) is 6.34. The van der Waals surface area contributed by atoms with E-state index in [0.29, 0.717) is 6.42 Å². The second kappa shape index (κ2) is 3.29. The minimum Gasteiger partial charge on any atom is -0.219 e. The highest BCUT2D eigenvalue weighted by Crippen LogP contribution is 2.47. The first kappa shape index (κ1) is 9.91. The molecule has 0 spiro atoms. The van der Waals surface area contributed by atoms with E-state index in [-0.39, 0.29) is 0 Å². The van der Waals surface area contributed by atoms with Crippen molar-refractivity contribution in [2.45, 2.75) is 9.41 Å². The van der Waals surface area contributed by atoms with Crippen LogP contribution in [0.25, 0.3) is 10.4 Å². The number of alkyl halides is 1. The molecule has 0 aliphatic carbocycles. The van der Waals surface area contributed by atoms with Crippen LogP contribution in [0.1, 0.15) is 6.42 Å². The quantitative estimate of drug-likeness (QED) is 0.334. The maximum Gasteiger partial charge on any atom is 0.261 e. The van der Waals surface area contributed by atoms with E-state index in [4.69, 9.17) is 5.53 Å². The highest BCUT2D eigenvalue weighted by Gasteiger charge is 2.42. The van der Waals surface area contributed by atoms with E-state index in [0.717, 1.165) is 11.8 Å². The molecular formula is C4H4BrN3O2S2. The van der Waals surface area contributed by atoms with E-state index < -0.39 is 13.0 Å². The minimum absolute atomic E-state index is 0.305. The maximum atomic E-state index is 11.2. The summed E-state index contributed by atoms with van der Waals surface area (Å²) in [6, 6.07) is 0. The van der Waals surface area contributed by atoms with Crippen molar-refractivity contribution in [2.75, 3.05) is 0 Å². The summed E-state index contributed by atoms with van der Waals surface area (Å²) in [7, 11) is -3.78. The number of halogens is 1. The first-order chi connectivity index (χ1) is 5.52. The molecular weight excluding hydrogens is 266 g/mol. The van der Waals surface area contributed by atoms with Gasteiger partial charge in [-0.25, -0.2) is 8.42 Å². The van der Waals surface area contributed by atoms with Crippen LogP contribution in [0.2, 0.25) is 0 Å². The molecule has 1 heterocycles. The lowest BCUT2D eigenvalue weighted by molar-refractivity contribution is 0.592. The van der Waals surface area contributed by atoms with Gasteiger partial charge in [0.2, 0.25) is 0 Å². The molecule has 0 aromatic rings. The van der Waals surface area contributed by atoms with E-state index in [1.807, 2.05) is 0 Å². The summed E-state index contributed by atoms with van der Waals surface area (Å²) >= 11 is 4.09. The average Bonchev–Trinajstić information content (AvgIpc) is 2.37. The van der Waals surface area contributed by atoms with Crippen LogP contribution in [-0.4, -0.2) is 11.4 Å². The molecule has 1 atom stereocenters. The monoisotopic (exact) mass is 269 g/mol. The molecule has 1 aliphatic rings. The minimum atomic E-state index is -3.78. The van der Waals surface area contributed by atoms with Crippen LogP contribution in [0.3, 0.4) is 0 Å². The standard InChI is InChI=1S/C4H4BrN3O2S2/c5-4(2-1-3-11-4)12(9,10)8-7-6/h1,3H,2H2. The Morgan fingerprint density at radius 3 is 2.83 bits per heavy atom. The molecule has 0 radical (unpaired) electrons. The molecule has 5 nitrogen and oxygen atoms in total. The molecule has 0 amide bonds. The number of rotatable bonds is 2. The van der Waals surface area contributed by atoms with Crippen LogP contribution >= 0.6 is 27.7 Å². The Morgan fingerprint density at radius 1 is 1.75 bits per heavy atom. The van der Waals surface area contributed by atoms with Crippen molar-refractivity contribution in [3.8, 4) is 0 Å². The fourth-order valence-corrected chi connectivity index (χ4v) is 3.23. The predicted octanol–water partition coefficient (Wildman–Crippen LogP) is 2.33. The Hall–Kier alpha value is -0.170. The molecule has 1 rings (SSSR count). The molecule has 0 saturated carbocycles. The van der Waals surface area contributed by atoms with Gasteiger partial charge in [-0.15, -0.1) is 0 Å². The van der Waals surface area contributed by atoms with Crippen LogP contribution < -0.4 is 0 Å². The zero-order valence-corrected chi connectivity index (χ0v) is 8.93. The summed E-state index contributed by atoms with van der Waals surface area (Å²) in [5, 5.41) is 1.65. The highest BCUT2D eigenvalue weighted by atomic mass is 79.9. The third kappa shape index (κ3) is 1.61. The summed E-state index contributed by atoms with van der Waals surface area (Å²) in [5.74, 6) is 0. The van der Waals surface area contributed by atoms with Gasteiger partial charge in [0, 0.05) is 15.9 Å². The van der Waals surface area contributed by atoms with Crippen LogP contribution in [0.5, 0.6) is 0 Å². The largest absolute Gasteiger partial charge is 0.261 e. The van der Waals surface area contributed by atoms with Crippen molar-refractivity contribution in [2.24, 2.45) is 4.52 Å². The summed E-state index contributed by atoms with van der Waals surface area (Å²) in [6.07, 6.45) is 2.00. The van der Waals surface area contributed by atoms with Gasteiger partial charge in [0.15, 0.2) is 2.99 Å². The number of hydrogen-bond acceptors (Lipinski definition) is 3. The number of azide groups is 1. The van der Waals surface area contributed by atoms with Gasteiger partial charge in [-0.05, 0) is 10.9 Å². The lowest BCUT2D eigenvalue weighted by atomic mass is 10.5. The molecule has 1 aliphatic heterocycles. The summed E-state index contributed by atoms with van der Waals surface area (Å²) in [4.78, 5) is 2.26. The molecule has 0 aromatic heterocycles. The van der Waals surface area contributed by atoms with E-state index in [2.05, 4.69) is 25.4 Å². The van der Waals surface area contributed by atoms with Crippen LogP contribution in [-0.2, 0) is 10.0 Å². The first-order valence-corrected chi connectivity index (χ1v) is 5.96. The number of allylic oxidation sites excluding steroid dienone is 1. The fourth-order valence-electron chi connectivity index (χ4n) is 0.662. The van der Waals surface area contributed by atoms with Crippen molar-refractivity contribution < 1.29 is 8.42 Å². The Labute approximate surface area is 82.0 Å². The van der Waals surface area contributed by atoms with Crippen molar-refractivity contribution in [3.63, 3.8) is 0 Å². The molecule has 12 heavy (non-hydrogen) atoms. The fraction of sp³-hybridized carbons (Fsp3) is 0.500. The molecule has 0 saturated heterocycles. The van der Waals surface area contributed by atoms with Crippen molar-refractivity contribution in [3.05, 3.63) is 21.9 Å². The predicted molar refractivity (Wildman–Crippen MR) is 51.1 cm³/mol. The lowest BCUT2D eigenvalue weighted by Crippen LogP contribution is -2.22. The van der Waals surface area contributed by atoms with Gasteiger partial charge in [-0.2, -0.15) is 0 Å². The number of nitrogens with zero attached hydrogens (tertiary/aromatic N) is 3. The van der Waals surface area contributed by atoms with E-state index in [1.54, 1.807) is 11.5 Å². The lowest BCUT2D eigenvalue weighted by Gasteiger charge is -2.15. The SMILES string of the molecule is [N-]=[N+]=NS(=O)(=O)C1(Br)CC=CS1. The number of hydrogen-bond donors (Lipinski definition) is 0. The van der Waals surface area contributed by atoms with Crippen LogP contribution in [0.4, 0.5) is 0 Å². The molecule has 0 bridgehead atoms. The van der Waals surface area contributed by atoms with Crippen molar-refractivity contribution in [1.29, 1.82) is 0 Å². The summed E-state index contributed by atoms with van der Waals surface area (Å²) < 4.78 is 24.0. The number of thioether (sulfide) groups is 1. The highest BCUT2D eigenvalue weighted by molar-refractivity contribution is 9.13. The smallest absolute Gasteiger partial charge is 0.219 e. The third-order valence-electron chi connectivity index (χ3n) is 1.23. The van der Waals surface area contributed by atoms with Crippen molar-refractivity contribution in [1.82, 2.24) is 0 Å². The normalized spacial score (nSPS) is 28.4. The van der Waals surface area contributed by atoms with Gasteiger partial charge in [0.05, 0.1) is 0 Å². The molecule has 0 aromatic carbocycles. The molecule has 8 heteroatoms. The van der Waals surface area contributed by atoms with Gasteiger partial charge >= 0.3 is 0 Å². The topological polar surface area (TPSA) is 82.9 Å². The average molecular weight is 270 g/mol. The second-order valence-electron chi connectivity index (χ2n) is 2.00. The van der Waals surface area contributed by atoms with E-state index >= 15 is 0 Å². The molecule has 0 fully saturated rings. The summed E-state index contributed by atoms with van der Waals surface area (Å²) in [5.41, 5.74) is 8.01. The Morgan fingerprint density at radius 2 is 2.42 bits per heavy atom. The van der Waals surface area contributed by atoms with Crippen LogP contribution in [0.15, 0.2) is 16.0 Å². The number of sulfonamides is 1. The van der Waals surface area contributed by atoms with Gasteiger partial charge in [0.25, 0.3) is 10.0 Å². The maximum absolute atomic E-state index is 11.2. The molecule has 66 valence electrons. The van der Waals surface area contributed by atoms with Gasteiger partial charge in [-0.3, -0.25) is 0 Å². The molecule has 1 unspecified atom stereocenters. The molecule has 0 N–H and O–H groups in total. The van der Waals surface area contributed by atoms with Gasteiger partial charge in [0.1, 0.15) is 0 Å². The summed E-state index contributed by atoms with van der Waals surface area (Å²) in [6.45, 7) is 0. The second-order valence-corrected chi connectivity index (χ2v) is 7.68. The Bertz CT molecular complexity index is 348. The van der Waals surface area contributed by atoms with Gasteiger partial charge in [-0.1, -0.05) is 33.8 Å². The zero-order chi connectivity index (χ0) is 9.24. The Balaban J connectivity index is 3.04. The Kier molecular flexibility index (Phi) is 2.72. The van der Waals surface area contributed by atoms with Crippen LogP contribution in [0, 0.1) is 0 Å². The van der Waals surface area contributed by atoms with E-state index in [9.17, 15) is 8.42 Å². The van der Waals surface area contributed by atoms with E-state index in [1.165, 1.54) is 0 Å². The first-order valence-electron chi connectivity index (χ1n) is 2.84. The van der Waals surface area contributed by atoms with Crippen molar-refractivity contribution >= 4 is 37.7 Å².